The van der Waals surface area contributed by atoms with E-state index in [0.717, 1.165) is 11.3 Å². The minimum Gasteiger partial charge on any atom is -0.302 e. The first-order valence-corrected chi connectivity index (χ1v) is 13.5. The number of benzene rings is 3. The number of fused-ring (bicyclic) bond motifs is 1. The van der Waals surface area contributed by atoms with E-state index in [1.807, 2.05) is 37.4 Å². The zero-order valence-corrected chi connectivity index (χ0v) is 21.6. The van der Waals surface area contributed by atoms with Crippen molar-refractivity contribution in [2.75, 3.05) is 11.4 Å². The Balaban J connectivity index is 1.49. The van der Waals surface area contributed by atoms with Crippen LogP contribution in [0.5, 0.6) is 0 Å². The number of sulfonamides is 1. The number of carbonyl (C=O) groups excluding carboxylic acids is 1. The topological polar surface area (TPSA) is 75.5 Å². The Bertz CT molecular complexity index is 1540. The highest BCUT2D eigenvalue weighted by atomic mass is 35.5. The first-order valence-electron chi connectivity index (χ1n) is 11.7. The first-order chi connectivity index (χ1) is 17.7. The van der Waals surface area contributed by atoms with Gasteiger partial charge in [0.1, 0.15) is 5.82 Å². The summed E-state index contributed by atoms with van der Waals surface area (Å²) in [6.07, 6.45) is 0.489. The van der Waals surface area contributed by atoms with E-state index in [9.17, 15) is 17.6 Å². The van der Waals surface area contributed by atoms with E-state index < -0.39 is 15.8 Å². The lowest BCUT2D eigenvalue weighted by Gasteiger charge is -2.28. The second-order valence-electron chi connectivity index (χ2n) is 8.77. The van der Waals surface area contributed by atoms with E-state index in [0.29, 0.717) is 34.9 Å². The Morgan fingerprint density at radius 1 is 1.03 bits per heavy atom. The fraction of sp³-hybridized carbons (Fsp3) is 0.185. The van der Waals surface area contributed by atoms with E-state index in [-0.39, 0.29) is 23.9 Å². The minimum atomic E-state index is -3.75. The summed E-state index contributed by atoms with van der Waals surface area (Å²) in [4.78, 5) is 15.3. The van der Waals surface area contributed by atoms with Gasteiger partial charge in [0.2, 0.25) is 10.0 Å². The predicted molar refractivity (Wildman–Crippen MR) is 139 cm³/mol. The van der Waals surface area contributed by atoms with E-state index in [1.165, 1.54) is 40.7 Å². The number of amides is 1. The Morgan fingerprint density at radius 3 is 2.38 bits per heavy atom. The van der Waals surface area contributed by atoms with Gasteiger partial charge in [0.15, 0.2) is 0 Å². The normalized spacial score (nSPS) is 13.8. The van der Waals surface area contributed by atoms with Crippen molar-refractivity contribution in [2.24, 2.45) is 7.05 Å². The molecule has 0 saturated carbocycles. The molecule has 0 aliphatic carbocycles. The van der Waals surface area contributed by atoms with Crippen LogP contribution in [-0.4, -0.2) is 35.0 Å². The van der Waals surface area contributed by atoms with Crippen LogP contribution in [0.1, 0.15) is 27.3 Å². The molecule has 0 saturated heterocycles. The maximum absolute atomic E-state index is 13.5. The van der Waals surface area contributed by atoms with Gasteiger partial charge in [-0.15, -0.1) is 0 Å². The van der Waals surface area contributed by atoms with E-state index in [2.05, 4.69) is 5.10 Å². The summed E-state index contributed by atoms with van der Waals surface area (Å²) in [5, 5.41) is 5.13. The van der Waals surface area contributed by atoms with Crippen molar-refractivity contribution in [1.29, 1.82) is 0 Å². The molecular weight excluding hydrogens is 515 g/mol. The van der Waals surface area contributed by atoms with Crippen LogP contribution in [0, 0.1) is 5.82 Å². The number of nitrogens with zero attached hydrogens (tertiary/aromatic N) is 4. The number of rotatable bonds is 6. The molecule has 5 rings (SSSR count). The van der Waals surface area contributed by atoms with Crippen molar-refractivity contribution in [1.82, 2.24) is 14.1 Å². The SMILES string of the molecule is Cn1nc(CN(C(=O)c2ccc(F)cc2)c2ccccc2)c2c1CCN(S(=O)(=O)c1ccc(Cl)cc1)C2. The van der Waals surface area contributed by atoms with Gasteiger partial charge in [-0.05, 0) is 60.7 Å². The summed E-state index contributed by atoms with van der Waals surface area (Å²) < 4.78 is 43.4. The molecule has 1 aliphatic heterocycles. The standard InChI is InChI=1S/C27H24ClFN4O3S/c1-31-26-15-16-32(37(35,36)23-13-9-20(28)10-14-23)17-24(26)25(30-31)18-33(22-5-3-2-4-6-22)27(34)19-7-11-21(29)12-8-19/h2-14H,15-18H2,1H3. The van der Waals surface area contributed by atoms with Gasteiger partial charge in [-0.2, -0.15) is 9.40 Å². The van der Waals surface area contributed by atoms with Crippen molar-refractivity contribution in [3.63, 3.8) is 0 Å². The largest absolute Gasteiger partial charge is 0.302 e. The Labute approximate surface area is 219 Å². The number of aromatic nitrogens is 2. The molecule has 190 valence electrons. The molecule has 0 fully saturated rings. The van der Waals surface area contributed by atoms with Gasteiger partial charge in [-0.25, -0.2) is 12.8 Å². The summed E-state index contributed by atoms with van der Waals surface area (Å²) in [5.41, 5.74) is 3.30. The Morgan fingerprint density at radius 2 is 1.70 bits per heavy atom. The smallest absolute Gasteiger partial charge is 0.258 e. The lowest BCUT2D eigenvalue weighted by atomic mass is 10.1. The summed E-state index contributed by atoms with van der Waals surface area (Å²) in [6, 6.07) is 20.6. The highest BCUT2D eigenvalue weighted by molar-refractivity contribution is 7.89. The molecule has 0 spiro atoms. The molecule has 2 heterocycles. The molecule has 0 radical (unpaired) electrons. The van der Waals surface area contributed by atoms with Crippen LogP contribution in [0.3, 0.4) is 0 Å². The van der Waals surface area contributed by atoms with Crippen LogP contribution in [0.4, 0.5) is 10.1 Å². The highest BCUT2D eigenvalue weighted by Gasteiger charge is 2.33. The van der Waals surface area contributed by atoms with E-state index in [4.69, 9.17) is 11.6 Å². The lowest BCUT2D eigenvalue weighted by Crippen LogP contribution is -2.37. The molecule has 0 bridgehead atoms. The van der Waals surface area contributed by atoms with Gasteiger partial charge in [-0.1, -0.05) is 29.8 Å². The fourth-order valence-electron chi connectivity index (χ4n) is 4.52. The third-order valence-corrected chi connectivity index (χ3v) is 8.57. The van der Waals surface area contributed by atoms with E-state index >= 15 is 0 Å². The predicted octanol–water partition coefficient (Wildman–Crippen LogP) is 4.81. The van der Waals surface area contributed by atoms with Gasteiger partial charge in [0.05, 0.1) is 17.1 Å². The molecule has 37 heavy (non-hydrogen) atoms. The summed E-state index contributed by atoms with van der Waals surface area (Å²) >= 11 is 5.94. The molecule has 1 aromatic heterocycles. The molecule has 3 aromatic carbocycles. The summed E-state index contributed by atoms with van der Waals surface area (Å²) in [5.74, 6) is -0.740. The van der Waals surface area contributed by atoms with Gasteiger partial charge in [-0.3, -0.25) is 9.48 Å². The number of carbonyl (C=O) groups is 1. The van der Waals surface area contributed by atoms with Crippen molar-refractivity contribution >= 4 is 33.2 Å². The van der Waals surface area contributed by atoms with Crippen molar-refractivity contribution in [2.45, 2.75) is 24.4 Å². The number of halogens is 2. The molecule has 10 heteroatoms. The molecule has 0 N–H and O–H groups in total. The van der Waals surface area contributed by atoms with Crippen LogP contribution in [0.2, 0.25) is 5.02 Å². The maximum Gasteiger partial charge on any atom is 0.258 e. The second-order valence-corrected chi connectivity index (χ2v) is 11.1. The lowest BCUT2D eigenvalue weighted by molar-refractivity contribution is 0.0984. The zero-order chi connectivity index (χ0) is 26.2. The maximum atomic E-state index is 13.5. The average Bonchev–Trinajstić information content (AvgIpc) is 3.22. The molecule has 1 amide bonds. The summed E-state index contributed by atoms with van der Waals surface area (Å²) in [6.45, 7) is 0.572. The molecule has 0 unspecified atom stereocenters. The van der Waals surface area contributed by atoms with Crippen LogP contribution < -0.4 is 4.90 Å². The minimum absolute atomic E-state index is 0.123. The molecule has 1 aliphatic rings. The van der Waals surface area contributed by atoms with Crippen LogP contribution in [0.25, 0.3) is 0 Å². The third kappa shape index (κ3) is 5.02. The number of hydrogen-bond donors (Lipinski definition) is 0. The number of anilines is 1. The molecule has 0 atom stereocenters. The van der Waals surface area contributed by atoms with Gasteiger partial charge >= 0.3 is 0 Å². The quantitative estimate of drug-likeness (QED) is 0.353. The second kappa shape index (κ2) is 10.1. The number of hydrogen-bond acceptors (Lipinski definition) is 4. The number of para-hydroxylation sites is 1. The van der Waals surface area contributed by atoms with Gasteiger partial charge in [0, 0.05) is 54.1 Å². The average molecular weight is 539 g/mol. The van der Waals surface area contributed by atoms with Crippen molar-refractivity contribution in [3.05, 3.63) is 112 Å². The third-order valence-electron chi connectivity index (χ3n) is 6.45. The monoisotopic (exact) mass is 538 g/mol. The van der Waals surface area contributed by atoms with Crippen molar-refractivity contribution in [3.8, 4) is 0 Å². The summed E-state index contributed by atoms with van der Waals surface area (Å²) in [7, 11) is -1.93. The molecule has 7 nitrogen and oxygen atoms in total. The molecular formula is C27H24ClFN4O3S. The molecule has 4 aromatic rings. The first kappa shape index (κ1) is 25.1. The van der Waals surface area contributed by atoms with Gasteiger partial charge < -0.3 is 4.90 Å². The highest BCUT2D eigenvalue weighted by Crippen LogP contribution is 2.29. The fourth-order valence-corrected chi connectivity index (χ4v) is 6.05. The van der Waals surface area contributed by atoms with Crippen LogP contribution in [-0.2, 0) is 36.6 Å². The zero-order valence-electron chi connectivity index (χ0n) is 20.0. The number of aryl methyl sites for hydroxylation is 1. The van der Waals surface area contributed by atoms with Crippen molar-refractivity contribution < 1.29 is 17.6 Å². The van der Waals surface area contributed by atoms with Crippen LogP contribution >= 0.6 is 11.6 Å². The Kier molecular flexibility index (Phi) is 6.85. The Hall–Kier alpha value is -3.53. The van der Waals surface area contributed by atoms with Crippen LogP contribution in [0.15, 0.2) is 83.8 Å². The van der Waals surface area contributed by atoms with E-state index in [1.54, 1.807) is 21.7 Å². The van der Waals surface area contributed by atoms with Gasteiger partial charge in [0.25, 0.3) is 5.91 Å².